The monoisotopic (exact) mass is 385 g/mol. The van der Waals surface area contributed by atoms with Gasteiger partial charge in [0, 0.05) is 24.7 Å². The second-order valence-electron chi connectivity index (χ2n) is 6.93. The Morgan fingerprint density at radius 2 is 2.30 bits per heavy atom. The van der Waals surface area contributed by atoms with Gasteiger partial charge in [-0.15, -0.1) is 21.5 Å². The van der Waals surface area contributed by atoms with Gasteiger partial charge in [0.1, 0.15) is 17.9 Å². The molecule has 1 unspecified atom stereocenters. The van der Waals surface area contributed by atoms with Crippen molar-refractivity contribution in [2.24, 2.45) is 0 Å². The van der Waals surface area contributed by atoms with Crippen LogP contribution in [-0.4, -0.2) is 59.0 Å². The number of ether oxygens (including phenoxy) is 1. The van der Waals surface area contributed by atoms with Crippen molar-refractivity contribution in [1.82, 2.24) is 34.4 Å². The number of hydrogen-bond donors (Lipinski definition) is 0. The average molecular weight is 385 g/mol. The second kappa shape index (κ2) is 6.24. The fraction of sp³-hybridized carbons (Fsp3) is 0.471. The summed E-state index contributed by atoms with van der Waals surface area (Å²) in [4.78, 5) is 18.6. The molecule has 10 heteroatoms. The number of hydrogen-bond acceptors (Lipinski definition) is 7. The second-order valence-corrected chi connectivity index (χ2v) is 7.65. The number of carbonyl (C=O) groups excluding carboxylic acids is 1. The highest BCUT2D eigenvalue weighted by Gasteiger charge is 2.45. The lowest BCUT2D eigenvalue weighted by atomic mass is 10.0. The molecule has 5 rings (SSSR count). The molecule has 2 aliphatic rings. The number of aromatic nitrogens is 6. The Morgan fingerprint density at radius 3 is 3.07 bits per heavy atom. The van der Waals surface area contributed by atoms with E-state index in [-0.39, 0.29) is 5.91 Å². The lowest BCUT2D eigenvalue weighted by Gasteiger charge is -2.34. The van der Waals surface area contributed by atoms with Crippen LogP contribution in [0.1, 0.15) is 29.7 Å². The van der Waals surface area contributed by atoms with Gasteiger partial charge in [-0.3, -0.25) is 9.48 Å². The number of carbonyl (C=O) groups is 1. The number of fused-ring (bicyclic) bond motifs is 1. The first-order valence-electron chi connectivity index (χ1n) is 8.94. The minimum atomic E-state index is -0.406. The van der Waals surface area contributed by atoms with Crippen molar-refractivity contribution in [1.29, 1.82) is 0 Å². The maximum atomic E-state index is 12.6. The van der Waals surface area contributed by atoms with Crippen molar-refractivity contribution in [3.63, 3.8) is 0 Å². The average Bonchev–Trinajstić information content (AvgIpc) is 3.47. The molecule has 1 spiro atoms. The molecule has 2 aliphatic heterocycles. The third-order valence-electron chi connectivity index (χ3n) is 5.25. The summed E-state index contributed by atoms with van der Waals surface area (Å²) < 4.78 is 10.1. The lowest BCUT2D eigenvalue weighted by molar-refractivity contribution is -0.0805. The van der Waals surface area contributed by atoms with Crippen LogP contribution < -0.4 is 0 Å². The van der Waals surface area contributed by atoms with Gasteiger partial charge < -0.3 is 14.2 Å². The molecule has 140 valence electrons. The summed E-state index contributed by atoms with van der Waals surface area (Å²) in [6.07, 6.45) is 4.58. The maximum absolute atomic E-state index is 12.6. The number of rotatable bonds is 3. The van der Waals surface area contributed by atoms with Gasteiger partial charge in [0.25, 0.3) is 5.91 Å². The van der Waals surface area contributed by atoms with Crippen LogP contribution in [0.2, 0.25) is 0 Å². The van der Waals surface area contributed by atoms with Crippen LogP contribution in [0.3, 0.4) is 0 Å². The highest BCUT2D eigenvalue weighted by atomic mass is 32.1. The van der Waals surface area contributed by atoms with Gasteiger partial charge >= 0.3 is 0 Å². The minimum absolute atomic E-state index is 0.0317. The van der Waals surface area contributed by atoms with Crippen LogP contribution in [0.5, 0.6) is 0 Å². The van der Waals surface area contributed by atoms with Gasteiger partial charge in [0.05, 0.1) is 30.4 Å². The number of amides is 1. The van der Waals surface area contributed by atoms with Gasteiger partial charge in [-0.2, -0.15) is 5.10 Å². The van der Waals surface area contributed by atoms with Crippen LogP contribution in [0, 0.1) is 0 Å². The van der Waals surface area contributed by atoms with E-state index in [9.17, 15) is 4.79 Å². The summed E-state index contributed by atoms with van der Waals surface area (Å²) in [6.45, 7) is 5.09. The molecule has 1 amide bonds. The molecule has 0 N–H and O–H groups in total. The van der Waals surface area contributed by atoms with E-state index in [4.69, 9.17) is 4.74 Å². The topological polar surface area (TPSA) is 91.0 Å². The Balaban J connectivity index is 1.39. The molecular weight excluding hydrogens is 366 g/mol. The zero-order valence-corrected chi connectivity index (χ0v) is 15.7. The number of nitrogens with zero attached hydrogens (tertiary/aromatic N) is 7. The van der Waals surface area contributed by atoms with Gasteiger partial charge in [0.2, 0.25) is 0 Å². The van der Waals surface area contributed by atoms with Crippen molar-refractivity contribution < 1.29 is 9.53 Å². The van der Waals surface area contributed by atoms with Crippen LogP contribution in [0.4, 0.5) is 0 Å². The Bertz CT molecular complexity index is 979. The zero-order chi connectivity index (χ0) is 18.4. The first-order chi connectivity index (χ1) is 13.2. The Morgan fingerprint density at radius 1 is 1.37 bits per heavy atom. The molecular formula is C17H19N7O2S. The standard InChI is InChI=1S/C17H19N7O2S/c1-2-23-6-12(5-19-23)15-21-20-14-7-26-17(10-24(14)15)3-4-22(9-17)16(25)13-8-27-11-18-13/h5-6,8,11H,2-4,7,9-10H2,1H3. The Kier molecular flexibility index (Phi) is 3.83. The predicted octanol–water partition coefficient (Wildman–Crippen LogP) is 1.43. The molecule has 1 saturated heterocycles. The van der Waals surface area contributed by atoms with Crippen molar-refractivity contribution in [3.8, 4) is 11.4 Å². The van der Waals surface area contributed by atoms with E-state index in [2.05, 4.69) is 24.8 Å². The molecule has 0 bridgehead atoms. The van der Waals surface area contributed by atoms with E-state index in [0.717, 1.165) is 30.2 Å². The SMILES string of the molecule is CCn1cc(-c2nnc3n2CC2(CCN(C(=O)c4cscn4)C2)OC3)cn1. The summed E-state index contributed by atoms with van der Waals surface area (Å²) in [5.74, 6) is 1.58. The van der Waals surface area contributed by atoms with Crippen molar-refractivity contribution in [3.05, 3.63) is 34.8 Å². The fourth-order valence-corrected chi connectivity index (χ4v) is 4.30. The molecule has 0 saturated carbocycles. The van der Waals surface area contributed by atoms with E-state index < -0.39 is 5.60 Å². The zero-order valence-electron chi connectivity index (χ0n) is 14.9. The van der Waals surface area contributed by atoms with Crippen LogP contribution in [0.25, 0.3) is 11.4 Å². The number of aryl methyl sites for hydroxylation is 1. The maximum Gasteiger partial charge on any atom is 0.273 e. The van der Waals surface area contributed by atoms with Gasteiger partial charge in [-0.25, -0.2) is 4.98 Å². The summed E-state index contributed by atoms with van der Waals surface area (Å²) in [5.41, 5.74) is 2.73. The first kappa shape index (κ1) is 16.6. The van der Waals surface area contributed by atoms with E-state index in [1.54, 1.807) is 10.9 Å². The lowest BCUT2D eigenvalue weighted by Crippen LogP contribution is -2.45. The highest BCUT2D eigenvalue weighted by Crippen LogP contribution is 2.34. The third-order valence-corrected chi connectivity index (χ3v) is 5.84. The van der Waals surface area contributed by atoms with Gasteiger partial charge in [-0.05, 0) is 13.3 Å². The molecule has 1 atom stereocenters. The van der Waals surface area contributed by atoms with Crippen molar-refractivity contribution in [2.45, 2.75) is 38.6 Å². The summed E-state index contributed by atoms with van der Waals surface area (Å²) >= 11 is 1.43. The van der Waals surface area contributed by atoms with E-state index in [0.29, 0.717) is 31.9 Å². The minimum Gasteiger partial charge on any atom is -0.363 e. The molecule has 27 heavy (non-hydrogen) atoms. The van der Waals surface area contributed by atoms with Crippen molar-refractivity contribution in [2.75, 3.05) is 13.1 Å². The largest absolute Gasteiger partial charge is 0.363 e. The van der Waals surface area contributed by atoms with Crippen LogP contribution in [-0.2, 0) is 24.4 Å². The molecule has 0 aromatic carbocycles. The van der Waals surface area contributed by atoms with Gasteiger partial charge in [0.15, 0.2) is 11.6 Å². The van der Waals surface area contributed by atoms with Gasteiger partial charge in [-0.1, -0.05) is 0 Å². The normalized spacial score (nSPS) is 21.7. The number of thiazole rings is 1. The molecule has 0 radical (unpaired) electrons. The highest BCUT2D eigenvalue weighted by molar-refractivity contribution is 7.07. The summed E-state index contributed by atoms with van der Waals surface area (Å²) in [6, 6.07) is 0. The molecule has 1 fully saturated rings. The summed E-state index contributed by atoms with van der Waals surface area (Å²) in [5, 5.41) is 14.8. The first-order valence-corrected chi connectivity index (χ1v) is 9.88. The molecule has 3 aromatic rings. The Labute approximate surface area is 159 Å². The van der Waals surface area contributed by atoms with Crippen molar-refractivity contribution >= 4 is 17.2 Å². The van der Waals surface area contributed by atoms with E-state index >= 15 is 0 Å². The van der Waals surface area contributed by atoms with Crippen LogP contribution >= 0.6 is 11.3 Å². The quantitative estimate of drug-likeness (QED) is 0.677. The van der Waals surface area contributed by atoms with Crippen LogP contribution in [0.15, 0.2) is 23.3 Å². The fourth-order valence-electron chi connectivity index (χ4n) is 3.77. The number of likely N-dealkylation sites (tertiary alicyclic amines) is 1. The summed E-state index contributed by atoms with van der Waals surface area (Å²) in [7, 11) is 0. The predicted molar refractivity (Wildman–Crippen MR) is 97.1 cm³/mol. The smallest absolute Gasteiger partial charge is 0.273 e. The molecule has 9 nitrogen and oxygen atoms in total. The molecule has 5 heterocycles. The third kappa shape index (κ3) is 2.76. The molecule has 3 aromatic heterocycles. The van der Waals surface area contributed by atoms with E-state index in [1.807, 2.05) is 28.9 Å². The Hall–Kier alpha value is -2.59. The molecule has 0 aliphatic carbocycles. The van der Waals surface area contributed by atoms with E-state index in [1.165, 1.54) is 11.3 Å².